The first-order chi connectivity index (χ1) is 8.10. The number of anilines is 1. The average Bonchev–Trinajstić information content (AvgIpc) is 2.29. The molecule has 1 unspecified atom stereocenters. The number of para-hydroxylation sites is 1. The van der Waals surface area contributed by atoms with Gasteiger partial charge in [-0.15, -0.1) is 0 Å². The topological polar surface area (TPSA) is 38.3 Å². The summed E-state index contributed by atoms with van der Waals surface area (Å²) in [7, 11) is 0. The second kappa shape index (κ2) is 6.45. The monoisotopic (exact) mass is 259 g/mol. The molecule has 1 aromatic rings. The molecule has 94 valence electrons. The number of carbonyl (C=O) groups excluding carboxylic acids is 1. The van der Waals surface area contributed by atoms with Crippen molar-refractivity contribution in [3.63, 3.8) is 0 Å². The van der Waals surface area contributed by atoms with Crippen molar-refractivity contribution in [3.8, 4) is 0 Å². The Kier molecular flexibility index (Phi) is 5.22. The molecule has 0 saturated carbocycles. The van der Waals surface area contributed by atoms with E-state index in [2.05, 4.69) is 5.32 Å². The number of rotatable bonds is 5. The standard InChI is InChI=1S/C12H15ClFNO2/c1-3-10(12(16)17-4-2)15-11-8(13)6-5-7-9(11)14/h5-7,10,15H,3-4H2,1-2H3. The average molecular weight is 260 g/mol. The van der Waals surface area contributed by atoms with E-state index in [0.717, 1.165) is 0 Å². The molecule has 3 nitrogen and oxygen atoms in total. The molecule has 1 N–H and O–H groups in total. The Morgan fingerprint density at radius 2 is 2.24 bits per heavy atom. The molecule has 0 fully saturated rings. The van der Waals surface area contributed by atoms with Gasteiger partial charge >= 0.3 is 5.97 Å². The van der Waals surface area contributed by atoms with E-state index in [1.807, 2.05) is 6.92 Å². The van der Waals surface area contributed by atoms with Crippen LogP contribution < -0.4 is 5.32 Å². The zero-order valence-corrected chi connectivity index (χ0v) is 10.6. The van der Waals surface area contributed by atoms with Crippen molar-refractivity contribution in [1.82, 2.24) is 0 Å². The van der Waals surface area contributed by atoms with Gasteiger partial charge in [-0.25, -0.2) is 9.18 Å². The van der Waals surface area contributed by atoms with E-state index in [9.17, 15) is 9.18 Å². The molecule has 0 heterocycles. The highest BCUT2D eigenvalue weighted by atomic mass is 35.5. The molecule has 0 radical (unpaired) electrons. The van der Waals surface area contributed by atoms with Gasteiger partial charge in [0.2, 0.25) is 0 Å². The predicted molar refractivity (Wildman–Crippen MR) is 65.7 cm³/mol. The first-order valence-corrected chi connectivity index (χ1v) is 5.85. The van der Waals surface area contributed by atoms with Crippen molar-refractivity contribution in [2.45, 2.75) is 26.3 Å². The summed E-state index contributed by atoms with van der Waals surface area (Å²) >= 11 is 5.86. The summed E-state index contributed by atoms with van der Waals surface area (Å²) in [5.74, 6) is -0.894. The van der Waals surface area contributed by atoms with E-state index in [4.69, 9.17) is 16.3 Å². The van der Waals surface area contributed by atoms with Crippen LogP contribution in [0.25, 0.3) is 0 Å². The number of carbonyl (C=O) groups is 1. The highest BCUT2D eigenvalue weighted by molar-refractivity contribution is 6.33. The molecule has 0 aromatic heterocycles. The fraction of sp³-hybridized carbons (Fsp3) is 0.417. The van der Waals surface area contributed by atoms with E-state index >= 15 is 0 Å². The lowest BCUT2D eigenvalue weighted by Crippen LogP contribution is -2.31. The fourth-order valence-corrected chi connectivity index (χ4v) is 1.60. The Morgan fingerprint density at radius 1 is 1.53 bits per heavy atom. The Bertz CT molecular complexity index is 378. The van der Waals surface area contributed by atoms with Gasteiger partial charge in [0.1, 0.15) is 11.9 Å². The van der Waals surface area contributed by atoms with Crippen molar-refractivity contribution in [1.29, 1.82) is 0 Å². The number of benzene rings is 1. The molecule has 0 aliphatic rings. The minimum absolute atomic E-state index is 0.133. The van der Waals surface area contributed by atoms with E-state index in [-0.39, 0.29) is 10.7 Å². The Morgan fingerprint density at radius 3 is 2.76 bits per heavy atom. The van der Waals surface area contributed by atoms with Crippen LogP contribution in [0, 0.1) is 5.82 Å². The normalized spacial score (nSPS) is 12.0. The van der Waals surface area contributed by atoms with Crippen molar-refractivity contribution in [2.24, 2.45) is 0 Å². The molecule has 1 atom stereocenters. The Balaban J connectivity index is 2.84. The van der Waals surface area contributed by atoms with Crippen LogP contribution >= 0.6 is 11.6 Å². The number of hydrogen-bond acceptors (Lipinski definition) is 3. The molecule has 5 heteroatoms. The summed E-state index contributed by atoms with van der Waals surface area (Å²) in [6.07, 6.45) is 0.490. The number of halogens is 2. The highest BCUT2D eigenvalue weighted by Crippen LogP contribution is 2.25. The van der Waals surface area contributed by atoms with Gasteiger partial charge in [0.15, 0.2) is 0 Å². The van der Waals surface area contributed by atoms with Gasteiger partial charge in [-0.3, -0.25) is 0 Å². The lowest BCUT2D eigenvalue weighted by atomic mass is 10.2. The van der Waals surface area contributed by atoms with Gasteiger partial charge in [-0.1, -0.05) is 24.6 Å². The van der Waals surface area contributed by atoms with E-state index in [0.29, 0.717) is 13.0 Å². The molecule has 17 heavy (non-hydrogen) atoms. The summed E-state index contributed by atoms with van der Waals surface area (Å²) in [5.41, 5.74) is 0.133. The van der Waals surface area contributed by atoms with Crippen LogP contribution in [0.3, 0.4) is 0 Å². The third-order valence-corrected chi connectivity index (χ3v) is 2.58. The van der Waals surface area contributed by atoms with E-state index < -0.39 is 17.8 Å². The molecule has 0 aliphatic heterocycles. The number of ether oxygens (including phenoxy) is 1. The van der Waals surface area contributed by atoms with Gasteiger partial charge in [0.25, 0.3) is 0 Å². The maximum atomic E-state index is 13.5. The van der Waals surface area contributed by atoms with Crippen LogP contribution in [0.4, 0.5) is 10.1 Å². The smallest absolute Gasteiger partial charge is 0.328 e. The largest absolute Gasteiger partial charge is 0.464 e. The third kappa shape index (κ3) is 3.60. The van der Waals surface area contributed by atoms with Crippen LogP contribution in [0.15, 0.2) is 18.2 Å². The SMILES string of the molecule is CCOC(=O)C(CC)Nc1c(F)cccc1Cl. The number of hydrogen-bond donors (Lipinski definition) is 1. The Hall–Kier alpha value is -1.29. The predicted octanol–water partition coefficient (Wildman–Crippen LogP) is 3.23. The first-order valence-electron chi connectivity index (χ1n) is 5.47. The van der Waals surface area contributed by atoms with Crippen LogP contribution in [0.5, 0.6) is 0 Å². The first kappa shape index (κ1) is 13.8. The quantitative estimate of drug-likeness (QED) is 0.825. The maximum Gasteiger partial charge on any atom is 0.328 e. The van der Waals surface area contributed by atoms with Gasteiger partial charge in [-0.05, 0) is 25.5 Å². The molecule has 0 saturated heterocycles. The van der Waals surface area contributed by atoms with Crippen LogP contribution in [0.1, 0.15) is 20.3 Å². The van der Waals surface area contributed by atoms with Crippen LogP contribution in [-0.2, 0) is 9.53 Å². The van der Waals surface area contributed by atoms with Crippen LogP contribution in [0.2, 0.25) is 5.02 Å². The van der Waals surface area contributed by atoms with Crippen molar-refractivity contribution >= 4 is 23.3 Å². The molecular formula is C12H15ClFNO2. The molecule has 0 amide bonds. The lowest BCUT2D eigenvalue weighted by molar-refractivity contribution is -0.144. The summed E-state index contributed by atoms with van der Waals surface area (Å²) in [6, 6.07) is 3.76. The number of nitrogens with one attached hydrogen (secondary N) is 1. The lowest BCUT2D eigenvalue weighted by Gasteiger charge is -2.17. The van der Waals surface area contributed by atoms with Crippen molar-refractivity contribution < 1.29 is 13.9 Å². The summed E-state index contributed by atoms with van der Waals surface area (Å²) in [4.78, 5) is 11.6. The molecule has 0 bridgehead atoms. The van der Waals surface area contributed by atoms with Gasteiger partial charge in [0.05, 0.1) is 17.3 Å². The zero-order chi connectivity index (χ0) is 12.8. The minimum Gasteiger partial charge on any atom is -0.464 e. The maximum absolute atomic E-state index is 13.5. The summed E-state index contributed by atoms with van der Waals surface area (Å²) in [5, 5.41) is 3.01. The zero-order valence-electron chi connectivity index (χ0n) is 9.80. The van der Waals surface area contributed by atoms with E-state index in [1.165, 1.54) is 12.1 Å². The van der Waals surface area contributed by atoms with Gasteiger partial charge in [0, 0.05) is 0 Å². The Labute approximate surface area is 105 Å². The second-order valence-corrected chi connectivity index (χ2v) is 3.86. The third-order valence-electron chi connectivity index (χ3n) is 2.26. The molecule has 0 aliphatic carbocycles. The molecule has 0 spiro atoms. The van der Waals surface area contributed by atoms with Gasteiger partial charge < -0.3 is 10.1 Å². The summed E-state index contributed by atoms with van der Waals surface area (Å²) < 4.78 is 18.4. The molecule has 1 rings (SSSR count). The minimum atomic E-state index is -0.593. The van der Waals surface area contributed by atoms with Crippen LogP contribution in [-0.4, -0.2) is 18.6 Å². The number of esters is 1. The highest BCUT2D eigenvalue weighted by Gasteiger charge is 2.19. The fourth-order valence-electron chi connectivity index (χ4n) is 1.38. The van der Waals surface area contributed by atoms with Gasteiger partial charge in [-0.2, -0.15) is 0 Å². The molecular weight excluding hydrogens is 245 g/mol. The summed E-state index contributed by atoms with van der Waals surface area (Å²) in [6.45, 7) is 3.83. The molecule has 1 aromatic carbocycles. The second-order valence-electron chi connectivity index (χ2n) is 3.45. The van der Waals surface area contributed by atoms with E-state index in [1.54, 1.807) is 13.0 Å². The van der Waals surface area contributed by atoms with Crippen molar-refractivity contribution in [2.75, 3.05) is 11.9 Å². The van der Waals surface area contributed by atoms with Crippen molar-refractivity contribution in [3.05, 3.63) is 29.0 Å².